The van der Waals surface area contributed by atoms with Crippen molar-refractivity contribution in [3.8, 4) is 0 Å². The molecule has 0 radical (unpaired) electrons. The Kier molecular flexibility index (Phi) is 6.08. The number of carbonyl (C=O) groups excluding carboxylic acids is 2. The highest BCUT2D eigenvalue weighted by Gasteiger charge is 2.30. The summed E-state index contributed by atoms with van der Waals surface area (Å²) in [4.78, 5) is 22.5. The molecule has 0 bridgehead atoms. The molecule has 4 heteroatoms. The van der Waals surface area contributed by atoms with Crippen molar-refractivity contribution in [3.05, 3.63) is 0 Å². The molecule has 0 spiro atoms. The average Bonchev–Trinajstić information content (AvgIpc) is 2.12. The van der Waals surface area contributed by atoms with Gasteiger partial charge in [0.05, 0.1) is 0 Å². The van der Waals surface area contributed by atoms with Gasteiger partial charge in [0.25, 0.3) is 0 Å². The Morgan fingerprint density at radius 3 is 2.25 bits per heavy atom. The van der Waals surface area contributed by atoms with E-state index in [1.165, 1.54) is 0 Å². The highest BCUT2D eigenvalue weighted by molar-refractivity contribution is 5.77. The molecular weight excluding hydrogens is 204 g/mol. The van der Waals surface area contributed by atoms with Gasteiger partial charge in [0, 0.05) is 18.9 Å². The quantitative estimate of drug-likeness (QED) is 0.694. The van der Waals surface area contributed by atoms with Gasteiger partial charge in [0.1, 0.15) is 0 Å². The van der Waals surface area contributed by atoms with Crippen LogP contribution in [0.1, 0.15) is 53.4 Å². The monoisotopic (exact) mass is 228 g/mol. The lowest BCUT2D eigenvalue weighted by Crippen LogP contribution is -2.46. The maximum atomic E-state index is 11.5. The Morgan fingerprint density at radius 1 is 1.31 bits per heavy atom. The fraction of sp³-hybridized carbons (Fsp3) is 0.833. The van der Waals surface area contributed by atoms with Gasteiger partial charge < -0.3 is 11.1 Å². The van der Waals surface area contributed by atoms with Crippen molar-refractivity contribution in [3.63, 3.8) is 0 Å². The first-order valence-electron chi connectivity index (χ1n) is 5.91. The molecule has 16 heavy (non-hydrogen) atoms. The zero-order valence-corrected chi connectivity index (χ0v) is 10.8. The minimum Gasteiger partial charge on any atom is -0.370 e. The zero-order valence-electron chi connectivity index (χ0n) is 10.8. The Morgan fingerprint density at radius 2 is 1.88 bits per heavy atom. The molecule has 0 aromatic heterocycles. The molecule has 0 aromatic rings. The number of rotatable bonds is 7. The first-order valence-corrected chi connectivity index (χ1v) is 5.91. The van der Waals surface area contributed by atoms with Gasteiger partial charge in [0.2, 0.25) is 11.8 Å². The SMILES string of the molecule is CCCC(=O)NC(CC)C(C)(C)CC(N)=O. The van der Waals surface area contributed by atoms with Gasteiger partial charge in [-0.1, -0.05) is 27.7 Å². The Hall–Kier alpha value is -1.06. The van der Waals surface area contributed by atoms with Gasteiger partial charge in [-0.05, 0) is 18.3 Å². The van der Waals surface area contributed by atoms with Crippen LogP contribution in [0.5, 0.6) is 0 Å². The maximum absolute atomic E-state index is 11.5. The second-order valence-corrected chi connectivity index (χ2v) is 4.91. The Balaban J connectivity index is 4.46. The molecule has 2 amide bonds. The summed E-state index contributed by atoms with van der Waals surface area (Å²) < 4.78 is 0. The lowest BCUT2D eigenvalue weighted by Gasteiger charge is -2.33. The number of nitrogens with one attached hydrogen (secondary N) is 1. The van der Waals surface area contributed by atoms with Crippen LogP contribution in [-0.2, 0) is 9.59 Å². The fourth-order valence-electron chi connectivity index (χ4n) is 1.92. The molecule has 0 heterocycles. The van der Waals surface area contributed by atoms with Crippen molar-refractivity contribution < 1.29 is 9.59 Å². The van der Waals surface area contributed by atoms with Crippen LogP contribution in [0.25, 0.3) is 0 Å². The molecule has 0 rings (SSSR count). The molecule has 0 saturated carbocycles. The van der Waals surface area contributed by atoms with Crippen LogP contribution in [-0.4, -0.2) is 17.9 Å². The molecule has 1 atom stereocenters. The van der Waals surface area contributed by atoms with Crippen molar-refractivity contribution in [1.82, 2.24) is 5.32 Å². The van der Waals surface area contributed by atoms with Crippen molar-refractivity contribution in [1.29, 1.82) is 0 Å². The first-order chi connectivity index (χ1) is 7.33. The molecule has 94 valence electrons. The summed E-state index contributed by atoms with van der Waals surface area (Å²) in [5.41, 5.74) is 4.92. The second kappa shape index (κ2) is 6.51. The standard InChI is InChI=1S/C12H24N2O2/c1-5-7-11(16)14-9(6-2)12(3,4)8-10(13)15/h9H,5-8H2,1-4H3,(H2,13,15)(H,14,16). The number of hydrogen-bond acceptors (Lipinski definition) is 2. The first kappa shape index (κ1) is 14.9. The minimum atomic E-state index is -0.326. The fourth-order valence-corrected chi connectivity index (χ4v) is 1.92. The molecular formula is C12H24N2O2. The van der Waals surface area contributed by atoms with E-state index in [-0.39, 0.29) is 29.7 Å². The van der Waals surface area contributed by atoms with E-state index >= 15 is 0 Å². The lowest BCUT2D eigenvalue weighted by molar-refractivity contribution is -0.125. The van der Waals surface area contributed by atoms with E-state index in [0.717, 1.165) is 12.8 Å². The molecule has 0 aliphatic carbocycles. The van der Waals surface area contributed by atoms with E-state index in [0.29, 0.717) is 6.42 Å². The maximum Gasteiger partial charge on any atom is 0.220 e. The molecule has 1 unspecified atom stereocenters. The van der Waals surface area contributed by atoms with E-state index < -0.39 is 0 Å². The van der Waals surface area contributed by atoms with Gasteiger partial charge in [0.15, 0.2) is 0 Å². The Labute approximate surface area is 98.0 Å². The van der Waals surface area contributed by atoms with Crippen molar-refractivity contribution in [2.24, 2.45) is 11.1 Å². The highest BCUT2D eigenvalue weighted by atomic mass is 16.2. The van der Waals surface area contributed by atoms with Gasteiger partial charge >= 0.3 is 0 Å². The molecule has 0 aliphatic heterocycles. The summed E-state index contributed by atoms with van der Waals surface area (Å²) in [6.45, 7) is 7.88. The van der Waals surface area contributed by atoms with Crippen molar-refractivity contribution in [2.45, 2.75) is 59.4 Å². The van der Waals surface area contributed by atoms with Crippen LogP contribution in [0.15, 0.2) is 0 Å². The van der Waals surface area contributed by atoms with Gasteiger partial charge in [-0.2, -0.15) is 0 Å². The number of nitrogens with two attached hydrogens (primary N) is 1. The number of hydrogen-bond donors (Lipinski definition) is 2. The number of amides is 2. The van der Waals surface area contributed by atoms with Crippen LogP contribution < -0.4 is 11.1 Å². The van der Waals surface area contributed by atoms with E-state index in [1.54, 1.807) is 0 Å². The Bertz CT molecular complexity index is 249. The summed E-state index contributed by atoms with van der Waals surface area (Å²) in [5, 5.41) is 2.97. The third kappa shape index (κ3) is 5.14. The molecule has 0 aliphatic rings. The average molecular weight is 228 g/mol. The van der Waals surface area contributed by atoms with Crippen LogP contribution >= 0.6 is 0 Å². The number of carbonyl (C=O) groups is 2. The second-order valence-electron chi connectivity index (χ2n) is 4.91. The topological polar surface area (TPSA) is 72.2 Å². The van der Waals surface area contributed by atoms with Crippen molar-refractivity contribution in [2.75, 3.05) is 0 Å². The van der Waals surface area contributed by atoms with Crippen molar-refractivity contribution >= 4 is 11.8 Å². The van der Waals surface area contributed by atoms with Crippen LogP contribution in [0.4, 0.5) is 0 Å². The smallest absolute Gasteiger partial charge is 0.220 e. The molecule has 3 N–H and O–H groups in total. The third-order valence-corrected chi connectivity index (χ3v) is 2.79. The van der Waals surface area contributed by atoms with E-state index in [4.69, 9.17) is 5.73 Å². The summed E-state index contributed by atoms with van der Waals surface area (Å²) >= 11 is 0. The highest BCUT2D eigenvalue weighted by Crippen LogP contribution is 2.27. The predicted molar refractivity (Wildman–Crippen MR) is 64.7 cm³/mol. The molecule has 4 nitrogen and oxygen atoms in total. The summed E-state index contributed by atoms with van der Waals surface area (Å²) in [7, 11) is 0. The van der Waals surface area contributed by atoms with E-state index in [9.17, 15) is 9.59 Å². The van der Waals surface area contributed by atoms with Crippen LogP contribution in [0, 0.1) is 5.41 Å². The third-order valence-electron chi connectivity index (χ3n) is 2.79. The van der Waals surface area contributed by atoms with Crippen LogP contribution in [0.3, 0.4) is 0 Å². The van der Waals surface area contributed by atoms with Crippen LogP contribution in [0.2, 0.25) is 0 Å². The van der Waals surface area contributed by atoms with E-state index in [2.05, 4.69) is 5.32 Å². The summed E-state index contributed by atoms with van der Waals surface area (Å²) in [5.74, 6) is -0.278. The molecule has 0 aromatic carbocycles. The zero-order chi connectivity index (χ0) is 12.8. The summed E-state index contributed by atoms with van der Waals surface area (Å²) in [6, 6.07) is -0.000880. The predicted octanol–water partition coefficient (Wildman–Crippen LogP) is 1.58. The van der Waals surface area contributed by atoms with Gasteiger partial charge in [-0.25, -0.2) is 0 Å². The number of primary amides is 1. The summed E-state index contributed by atoms with van der Waals surface area (Å²) in [6.07, 6.45) is 2.45. The molecule has 0 fully saturated rings. The van der Waals surface area contributed by atoms with Gasteiger partial charge in [-0.3, -0.25) is 9.59 Å². The normalized spacial score (nSPS) is 13.2. The largest absolute Gasteiger partial charge is 0.370 e. The molecule has 0 saturated heterocycles. The van der Waals surface area contributed by atoms with E-state index in [1.807, 2.05) is 27.7 Å². The minimum absolute atomic E-state index is 0.000880. The lowest BCUT2D eigenvalue weighted by atomic mass is 9.79. The van der Waals surface area contributed by atoms with Gasteiger partial charge in [-0.15, -0.1) is 0 Å².